The van der Waals surface area contributed by atoms with Gasteiger partial charge in [0, 0.05) is 30.1 Å². The van der Waals surface area contributed by atoms with Crippen LogP contribution >= 0.6 is 11.8 Å². The number of amides is 1. The minimum atomic E-state index is -0.168. The standard InChI is InChI=1S/C17H22N4OS/c1-17(2,20-8-10-11(9-20)14(10)15(18)22)16-19-7-12-13(23-3)5-4-6-21(12)16/h4-7,10-11,14H,8-9H2,1-3H3,(H2,18,22). The highest BCUT2D eigenvalue weighted by Crippen LogP contribution is 2.53. The van der Waals surface area contributed by atoms with Gasteiger partial charge in [0.05, 0.1) is 17.3 Å². The molecule has 0 aromatic carbocycles. The summed E-state index contributed by atoms with van der Waals surface area (Å²) < 4.78 is 2.20. The van der Waals surface area contributed by atoms with Gasteiger partial charge in [0.25, 0.3) is 0 Å². The number of fused-ring (bicyclic) bond motifs is 2. The molecule has 1 amide bonds. The molecule has 2 unspecified atom stereocenters. The van der Waals surface area contributed by atoms with E-state index in [0.29, 0.717) is 11.8 Å². The molecule has 2 aliphatic rings. The summed E-state index contributed by atoms with van der Waals surface area (Å²) in [5.41, 5.74) is 6.45. The fraction of sp³-hybridized carbons (Fsp3) is 0.529. The molecule has 0 bridgehead atoms. The molecular weight excluding hydrogens is 308 g/mol. The Morgan fingerprint density at radius 2 is 2.09 bits per heavy atom. The molecule has 1 aliphatic carbocycles. The van der Waals surface area contributed by atoms with Gasteiger partial charge in [-0.05, 0) is 44.1 Å². The van der Waals surface area contributed by atoms with Gasteiger partial charge in [-0.2, -0.15) is 0 Å². The second kappa shape index (κ2) is 4.98. The Bertz CT molecular complexity index is 772. The average molecular weight is 330 g/mol. The number of likely N-dealkylation sites (tertiary alicyclic amines) is 1. The van der Waals surface area contributed by atoms with Crippen molar-refractivity contribution in [3.8, 4) is 0 Å². The predicted molar refractivity (Wildman–Crippen MR) is 91.2 cm³/mol. The van der Waals surface area contributed by atoms with E-state index in [1.54, 1.807) is 11.8 Å². The highest BCUT2D eigenvalue weighted by Gasteiger charge is 2.60. The van der Waals surface area contributed by atoms with E-state index in [1.807, 2.05) is 6.20 Å². The molecule has 1 saturated carbocycles. The molecule has 2 aromatic rings. The second-order valence-electron chi connectivity index (χ2n) is 7.13. The summed E-state index contributed by atoms with van der Waals surface area (Å²) in [6.07, 6.45) is 6.14. The first-order valence-corrected chi connectivity index (χ1v) is 9.22. The number of pyridine rings is 1. The number of piperidine rings is 1. The van der Waals surface area contributed by atoms with E-state index >= 15 is 0 Å². The largest absolute Gasteiger partial charge is 0.369 e. The Kier molecular flexibility index (Phi) is 3.25. The van der Waals surface area contributed by atoms with Crippen molar-refractivity contribution in [2.24, 2.45) is 23.5 Å². The second-order valence-corrected chi connectivity index (χ2v) is 7.98. The monoisotopic (exact) mass is 330 g/mol. The van der Waals surface area contributed by atoms with E-state index in [1.165, 1.54) is 4.90 Å². The topological polar surface area (TPSA) is 63.6 Å². The third-order valence-electron chi connectivity index (χ3n) is 5.61. The molecule has 2 aromatic heterocycles. The average Bonchev–Trinajstić information content (AvgIpc) is 2.90. The molecular formula is C17H22N4OS. The first-order chi connectivity index (χ1) is 10.9. The number of nitrogens with zero attached hydrogens (tertiary/aromatic N) is 3. The van der Waals surface area contributed by atoms with Crippen LogP contribution in [0.5, 0.6) is 0 Å². The molecule has 5 nitrogen and oxygen atoms in total. The first-order valence-electron chi connectivity index (χ1n) is 8.00. The molecule has 3 heterocycles. The van der Waals surface area contributed by atoms with Gasteiger partial charge in [-0.1, -0.05) is 0 Å². The van der Waals surface area contributed by atoms with E-state index in [2.05, 4.69) is 47.7 Å². The van der Waals surface area contributed by atoms with Gasteiger partial charge in [0.1, 0.15) is 5.82 Å². The zero-order valence-electron chi connectivity index (χ0n) is 13.7. The zero-order valence-corrected chi connectivity index (χ0v) is 14.5. The van der Waals surface area contributed by atoms with Crippen molar-refractivity contribution < 1.29 is 4.79 Å². The fourth-order valence-electron chi connectivity index (χ4n) is 4.17. The molecule has 1 aliphatic heterocycles. The molecule has 2 N–H and O–H groups in total. The van der Waals surface area contributed by atoms with Gasteiger partial charge in [-0.15, -0.1) is 11.8 Å². The quantitative estimate of drug-likeness (QED) is 0.871. The van der Waals surface area contributed by atoms with Crippen molar-refractivity contribution in [2.45, 2.75) is 24.3 Å². The van der Waals surface area contributed by atoms with Crippen LogP contribution in [0.4, 0.5) is 0 Å². The Morgan fingerprint density at radius 3 is 2.70 bits per heavy atom. The highest BCUT2D eigenvalue weighted by molar-refractivity contribution is 7.98. The van der Waals surface area contributed by atoms with Crippen LogP contribution in [0.2, 0.25) is 0 Å². The lowest BCUT2D eigenvalue weighted by Crippen LogP contribution is -2.43. The summed E-state index contributed by atoms with van der Waals surface area (Å²) in [5.74, 6) is 1.91. The molecule has 1 saturated heterocycles. The van der Waals surface area contributed by atoms with E-state index in [0.717, 1.165) is 24.4 Å². The van der Waals surface area contributed by atoms with Crippen molar-refractivity contribution in [2.75, 3.05) is 19.3 Å². The van der Waals surface area contributed by atoms with Gasteiger partial charge in [0.15, 0.2) is 0 Å². The number of imidazole rings is 1. The van der Waals surface area contributed by atoms with Crippen LogP contribution in [0, 0.1) is 17.8 Å². The molecule has 122 valence electrons. The first kappa shape index (κ1) is 15.0. The number of carbonyl (C=O) groups is 1. The fourth-order valence-corrected chi connectivity index (χ4v) is 4.74. The molecule has 2 atom stereocenters. The summed E-state index contributed by atoms with van der Waals surface area (Å²) in [7, 11) is 0. The zero-order chi connectivity index (χ0) is 16.4. The molecule has 6 heteroatoms. The number of nitrogens with two attached hydrogens (primary N) is 1. The number of hydrogen-bond donors (Lipinski definition) is 1. The lowest BCUT2D eigenvalue weighted by Gasteiger charge is -2.36. The van der Waals surface area contributed by atoms with Gasteiger partial charge in [-0.25, -0.2) is 4.98 Å². The van der Waals surface area contributed by atoms with Crippen LogP contribution < -0.4 is 5.73 Å². The van der Waals surface area contributed by atoms with E-state index in [-0.39, 0.29) is 17.4 Å². The number of thioether (sulfide) groups is 1. The summed E-state index contributed by atoms with van der Waals surface area (Å²) in [5, 5.41) is 0. The minimum absolute atomic E-state index is 0.0992. The highest BCUT2D eigenvalue weighted by atomic mass is 32.2. The lowest BCUT2D eigenvalue weighted by molar-refractivity contribution is -0.120. The maximum Gasteiger partial charge on any atom is 0.221 e. The van der Waals surface area contributed by atoms with Crippen LogP contribution in [-0.4, -0.2) is 39.5 Å². The van der Waals surface area contributed by atoms with Gasteiger partial charge < -0.3 is 10.1 Å². The summed E-state index contributed by atoms with van der Waals surface area (Å²) >= 11 is 1.74. The van der Waals surface area contributed by atoms with E-state index < -0.39 is 0 Å². The van der Waals surface area contributed by atoms with E-state index in [4.69, 9.17) is 10.7 Å². The Balaban J connectivity index is 1.64. The van der Waals surface area contributed by atoms with Crippen LogP contribution in [0.3, 0.4) is 0 Å². The normalized spacial score (nSPS) is 27.3. The Morgan fingerprint density at radius 1 is 1.39 bits per heavy atom. The minimum Gasteiger partial charge on any atom is -0.369 e. The van der Waals surface area contributed by atoms with Crippen molar-refractivity contribution in [3.05, 3.63) is 30.4 Å². The van der Waals surface area contributed by atoms with Crippen molar-refractivity contribution in [1.29, 1.82) is 0 Å². The summed E-state index contributed by atoms with van der Waals surface area (Å²) in [6, 6.07) is 4.20. The van der Waals surface area contributed by atoms with Crippen LogP contribution in [0.15, 0.2) is 29.4 Å². The molecule has 0 radical (unpaired) electrons. The van der Waals surface area contributed by atoms with Crippen molar-refractivity contribution in [3.63, 3.8) is 0 Å². The molecule has 2 fully saturated rings. The number of primary amides is 1. The number of hydrogen-bond acceptors (Lipinski definition) is 4. The van der Waals surface area contributed by atoms with Gasteiger partial charge in [0.2, 0.25) is 5.91 Å². The smallest absolute Gasteiger partial charge is 0.221 e. The SMILES string of the molecule is CSc1cccn2c(C(C)(C)N3CC4C(C3)C4C(N)=O)ncc12. The number of rotatable bonds is 4. The number of aromatic nitrogens is 2. The van der Waals surface area contributed by atoms with Gasteiger partial charge >= 0.3 is 0 Å². The predicted octanol–water partition coefficient (Wildman–Crippen LogP) is 1.95. The van der Waals surface area contributed by atoms with Crippen molar-refractivity contribution >= 4 is 23.2 Å². The maximum atomic E-state index is 11.4. The lowest BCUT2D eigenvalue weighted by atomic mass is 10.0. The van der Waals surface area contributed by atoms with Crippen LogP contribution in [-0.2, 0) is 10.3 Å². The molecule has 0 spiro atoms. The summed E-state index contributed by atoms with van der Waals surface area (Å²) in [4.78, 5) is 19.8. The maximum absolute atomic E-state index is 11.4. The van der Waals surface area contributed by atoms with E-state index in [9.17, 15) is 4.79 Å². The number of carbonyl (C=O) groups excluding carboxylic acids is 1. The van der Waals surface area contributed by atoms with Gasteiger partial charge in [-0.3, -0.25) is 9.69 Å². The third-order valence-corrected chi connectivity index (χ3v) is 6.40. The molecule has 4 rings (SSSR count). The summed E-state index contributed by atoms with van der Waals surface area (Å²) in [6.45, 7) is 6.31. The van der Waals surface area contributed by atoms with Crippen molar-refractivity contribution in [1.82, 2.24) is 14.3 Å². The Labute approximate surface area is 140 Å². The van der Waals surface area contributed by atoms with Crippen LogP contribution in [0.25, 0.3) is 5.52 Å². The Hall–Kier alpha value is -1.53. The van der Waals surface area contributed by atoms with Crippen LogP contribution in [0.1, 0.15) is 19.7 Å². The third kappa shape index (κ3) is 2.11. The molecule has 23 heavy (non-hydrogen) atoms.